The van der Waals surface area contributed by atoms with Crippen molar-refractivity contribution in [1.82, 2.24) is 15.3 Å². The molecule has 6 heteroatoms. The first-order chi connectivity index (χ1) is 8.19. The van der Waals surface area contributed by atoms with Crippen molar-refractivity contribution in [2.24, 2.45) is 5.73 Å². The largest absolute Gasteiger partial charge is 0.361 e. The Morgan fingerprint density at radius 3 is 2.71 bits per heavy atom. The van der Waals surface area contributed by atoms with Crippen LogP contribution in [0.25, 0.3) is 11.5 Å². The van der Waals surface area contributed by atoms with Gasteiger partial charge in [0.2, 0.25) is 0 Å². The third-order valence-corrected chi connectivity index (χ3v) is 3.35. The van der Waals surface area contributed by atoms with Crippen LogP contribution in [0.1, 0.15) is 37.3 Å². The zero-order chi connectivity index (χ0) is 11.9. The minimum Gasteiger partial charge on any atom is -0.361 e. The van der Waals surface area contributed by atoms with Gasteiger partial charge in [-0.2, -0.15) is 4.98 Å². The van der Waals surface area contributed by atoms with E-state index >= 15 is 0 Å². The van der Waals surface area contributed by atoms with Crippen LogP contribution in [-0.4, -0.2) is 15.3 Å². The molecule has 2 heterocycles. The van der Waals surface area contributed by atoms with Crippen molar-refractivity contribution in [2.45, 2.75) is 38.1 Å². The van der Waals surface area contributed by atoms with E-state index in [1.807, 2.05) is 0 Å². The number of rotatable bonds is 2. The van der Waals surface area contributed by atoms with Gasteiger partial charge in [0.1, 0.15) is 11.3 Å². The second kappa shape index (κ2) is 3.66. The van der Waals surface area contributed by atoms with Gasteiger partial charge < -0.3 is 14.8 Å². The third kappa shape index (κ3) is 1.64. The molecular weight excluding hydrogens is 220 g/mol. The third-order valence-electron chi connectivity index (χ3n) is 3.35. The molecule has 2 N–H and O–H groups in total. The summed E-state index contributed by atoms with van der Waals surface area (Å²) >= 11 is 0. The summed E-state index contributed by atoms with van der Waals surface area (Å²) in [5.74, 6) is 1.68. The van der Waals surface area contributed by atoms with Crippen LogP contribution in [0, 0.1) is 6.92 Å². The first-order valence-electron chi connectivity index (χ1n) is 5.74. The minimum atomic E-state index is -0.424. The summed E-state index contributed by atoms with van der Waals surface area (Å²) in [5, 5.41) is 7.67. The van der Waals surface area contributed by atoms with Crippen LogP contribution in [0.5, 0.6) is 0 Å². The average molecular weight is 234 g/mol. The molecule has 1 saturated carbocycles. The Bertz CT molecular complexity index is 525. The summed E-state index contributed by atoms with van der Waals surface area (Å²) in [6.45, 7) is 1.81. The number of nitrogens with two attached hydrogens (primary N) is 1. The highest BCUT2D eigenvalue weighted by Crippen LogP contribution is 2.35. The van der Waals surface area contributed by atoms with Crippen LogP contribution < -0.4 is 5.73 Å². The van der Waals surface area contributed by atoms with Crippen molar-refractivity contribution in [3.8, 4) is 11.5 Å². The molecule has 6 nitrogen and oxygen atoms in total. The summed E-state index contributed by atoms with van der Waals surface area (Å²) in [6.07, 6.45) is 5.63. The standard InChI is InChI=1S/C11H14N4O2/c1-7-8(6-13-16-7)9-14-10(15-17-9)11(12)4-2-3-5-11/h6H,2-5,12H2,1H3. The lowest BCUT2D eigenvalue weighted by atomic mass is 9.99. The van der Waals surface area contributed by atoms with Gasteiger partial charge in [0.05, 0.1) is 11.7 Å². The number of aryl methyl sites for hydroxylation is 1. The summed E-state index contributed by atoms with van der Waals surface area (Å²) in [4.78, 5) is 4.36. The van der Waals surface area contributed by atoms with E-state index in [2.05, 4.69) is 15.3 Å². The van der Waals surface area contributed by atoms with Gasteiger partial charge in [0.15, 0.2) is 5.82 Å². The van der Waals surface area contributed by atoms with Crippen LogP contribution in [0.2, 0.25) is 0 Å². The highest BCUT2D eigenvalue weighted by atomic mass is 16.5. The zero-order valence-corrected chi connectivity index (χ0v) is 9.64. The van der Waals surface area contributed by atoms with Crippen molar-refractivity contribution in [3.05, 3.63) is 17.8 Å². The Kier molecular flexibility index (Phi) is 2.25. The van der Waals surface area contributed by atoms with Crippen molar-refractivity contribution in [1.29, 1.82) is 0 Å². The molecule has 1 fully saturated rings. The molecule has 0 aromatic carbocycles. The Labute approximate surface area is 98.2 Å². The van der Waals surface area contributed by atoms with Crippen LogP contribution in [0.15, 0.2) is 15.2 Å². The normalized spacial score (nSPS) is 18.7. The summed E-state index contributed by atoms with van der Waals surface area (Å²) in [7, 11) is 0. The number of hydrogen-bond donors (Lipinski definition) is 1. The molecule has 0 amide bonds. The lowest BCUT2D eigenvalue weighted by Gasteiger charge is -2.17. The van der Waals surface area contributed by atoms with Gasteiger partial charge in [0, 0.05) is 0 Å². The van der Waals surface area contributed by atoms with Crippen LogP contribution in [-0.2, 0) is 5.54 Å². The SMILES string of the molecule is Cc1oncc1-c1nc(C2(N)CCCC2)no1. The molecule has 0 saturated heterocycles. The molecule has 0 atom stereocenters. The Morgan fingerprint density at radius 1 is 1.29 bits per heavy atom. The number of nitrogens with zero attached hydrogens (tertiary/aromatic N) is 3. The fourth-order valence-corrected chi connectivity index (χ4v) is 2.27. The maximum Gasteiger partial charge on any atom is 0.263 e. The lowest BCUT2D eigenvalue weighted by molar-refractivity contribution is 0.371. The molecular formula is C11H14N4O2. The predicted octanol–water partition coefficient (Wildman–Crippen LogP) is 1.76. The molecule has 0 spiro atoms. The maximum atomic E-state index is 6.26. The summed E-state index contributed by atoms with van der Waals surface area (Å²) in [6, 6.07) is 0. The Hall–Kier alpha value is -1.69. The highest BCUT2D eigenvalue weighted by molar-refractivity contribution is 5.53. The number of aromatic nitrogens is 3. The monoisotopic (exact) mass is 234 g/mol. The van der Waals surface area contributed by atoms with Crippen LogP contribution in [0.4, 0.5) is 0 Å². The molecule has 0 unspecified atom stereocenters. The quantitative estimate of drug-likeness (QED) is 0.851. The fraction of sp³-hybridized carbons (Fsp3) is 0.545. The topological polar surface area (TPSA) is 91.0 Å². The number of hydrogen-bond acceptors (Lipinski definition) is 6. The molecule has 3 rings (SSSR count). The van der Waals surface area contributed by atoms with E-state index in [1.165, 1.54) is 0 Å². The first-order valence-corrected chi connectivity index (χ1v) is 5.74. The van der Waals surface area contributed by atoms with Gasteiger partial charge in [0.25, 0.3) is 5.89 Å². The van der Waals surface area contributed by atoms with E-state index in [0.717, 1.165) is 31.2 Å². The van der Waals surface area contributed by atoms with Gasteiger partial charge in [-0.3, -0.25) is 0 Å². The van der Waals surface area contributed by atoms with Crippen molar-refractivity contribution in [3.63, 3.8) is 0 Å². The maximum absolute atomic E-state index is 6.26. The van der Waals surface area contributed by atoms with Crippen molar-refractivity contribution < 1.29 is 9.05 Å². The summed E-state index contributed by atoms with van der Waals surface area (Å²) in [5.41, 5.74) is 6.56. The van der Waals surface area contributed by atoms with Crippen LogP contribution in [0.3, 0.4) is 0 Å². The minimum absolute atomic E-state index is 0.424. The molecule has 1 aliphatic rings. The Morgan fingerprint density at radius 2 is 2.06 bits per heavy atom. The molecule has 1 aliphatic carbocycles. The van der Waals surface area contributed by atoms with E-state index in [1.54, 1.807) is 13.1 Å². The van der Waals surface area contributed by atoms with Crippen molar-refractivity contribution >= 4 is 0 Å². The van der Waals surface area contributed by atoms with Gasteiger partial charge in [-0.25, -0.2) is 0 Å². The zero-order valence-electron chi connectivity index (χ0n) is 9.64. The molecule has 2 aromatic heterocycles. The highest BCUT2D eigenvalue weighted by Gasteiger charge is 2.36. The molecule has 0 aliphatic heterocycles. The second-order valence-electron chi connectivity index (χ2n) is 4.58. The van der Waals surface area contributed by atoms with Crippen molar-refractivity contribution in [2.75, 3.05) is 0 Å². The first kappa shape index (κ1) is 10.5. The van der Waals surface area contributed by atoms with Gasteiger partial charge in [-0.15, -0.1) is 0 Å². The van der Waals surface area contributed by atoms with E-state index in [-0.39, 0.29) is 0 Å². The Balaban J connectivity index is 1.96. The van der Waals surface area contributed by atoms with Gasteiger partial charge in [-0.1, -0.05) is 23.2 Å². The molecule has 17 heavy (non-hydrogen) atoms. The molecule has 0 bridgehead atoms. The second-order valence-corrected chi connectivity index (χ2v) is 4.58. The van der Waals surface area contributed by atoms with Crippen LogP contribution >= 0.6 is 0 Å². The lowest BCUT2D eigenvalue weighted by Crippen LogP contribution is -2.34. The van der Waals surface area contributed by atoms with E-state index in [9.17, 15) is 0 Å². The molecule has 90 valence electrons. The smallest absolute Gasteiger partial charge is 0.263 e. The van der Waals surface area contributed by atoms with Gasteiger partial charge >= 0.3 is 0 Å². The van der Waals surface area contributed by atoms with E-state index < -0.39 is 5.54 Å². The predicted molar refractivity (Wildman–Crippen MR) is 58.9 cm³/mol. The van der Waals surface area contributed by atoms with E-state index in [4.69, 9.17) is 14.8 Å². The van der Waals surface area contributed by atoms with E-state index in [0.29, 0.717) is 17.5 Å². The average Bonchev–Trinajstić information content (AvgIpc) is 2.97. The fourth-order valence-electron chi connectivity index (χ4n) is 2.27. The molecule has 0 radical (unpaired) electrons. The molecule has 2 aromatic rings. The van der Waals surface area contributed by atoms with Gasteiger partial charge in [-0.05, 0) is 19.8 Å². The summed E-state index contributed by atoms with van der Waals surface area (Å²) < 4.78 is 10.2.